The van der Waals surface area contributed by atoms with Gasteiger partial charge in [-0.3, -0.25) is 9.59 Å². The van der Waals surface area contributed by atoms with Gasteiger partial charge in [0.15, 0.2) is 0 Å². The van der Waals surface area contributed by atoms with E-state index in [-0.39, 0.29) is 18.2 Å². The van der Waals surface area contributed by atoms with Gasteiger partial charge in [0.25, 0.3) is 0 Å². The Kier molecular flexibility index (Phi) is 7.77. The van der Waals surface area contributed by atoms with Crippen LogP contribution in [0.25, 0.3) is 0 Å². The van der Waals surface area contributed by atoms with E-state index in [0.717, 1.165) is 21.8 Å². The number of nitrogens with zero attached hydrogens (tertiary/aromatic N) is 2. The van der Waals surface area contributed by atoms with Gasteiger partial charge in [-0.15, -0.1) is 11.8 Å². The summed E-state index contributed by atoms with van der Waals surface area (Å²) in [6.45, 7) is 5.78. The predicted molar refractivity (Wildman–Crippen MR) is 129 cm³/mol. The van der Waals surface area contributed by atoms with Crippen LogP contribution in [0, 0.1) is 11.3 Å². The lowest BCUT2D eigenvalue weighted by Crippen LogP contribution is -2.54. The molecule has 1 saturated heterocycles. The fraction of sp³-hybridized carbons (Fsp3) is 0.692. The lowest BCUT2D eigenvalue weighted by molar-refractivity contribution is -0.192. The van der Waals surface area contributed by atoms with E-state index in [9.17, 15) is 22.8 Å². The van der Waals surface area contributed by atoms with Crippen molar-refractivity contribution in [2.45, 2.75) is 82.1 Å². The fourth-order valence-corrected chi connectivity index (χ4v) is 6.60. The van der Waals surface area contributed by atoms with Crippen LogP contribution in [0.2, 0.25) is 0 Å². The molecule has 5 nitrogen and oxygen atoms in total. The van der Waals surface area contributed by atoms with Crippen LogP contribution in [-0.2, 0) is 27.3 Å². The molecule has 2 heterocycles. The molecule has 0 radical (unpaired) electrons. The minimum absolute atomic E-state index is 0.0154. The van der Waals surface area contributed by atoms with Crippen LogP contribution >= 0.6 is 11.8 Å². The number of carbonyl (C=O) groups excluding carboxylic acids is 2. The van der Waals surface area contributed by atoms with Crippen molar-refractivity contribution in [2.24, 2.45) is 11.3 Å². The average Bonchev–Trinajstić information content (AvgIpc) is 3.29. The van der Waals surface area contributed by atoms with Gasteiger partial charge in [-0.2, -0.15) is 13.2 Å². The Bertz CT molecular complexity index is 948. The summed E-state index contributed by atoms with van der Waals surface area (Å²) in [5.74, 6) is -1.81. The first-order valence-corrected chi connectivity index (χ1v) is 13.7. The van der Waals surface area contributed by atoms with E-state index in [1.54, 1.807) is 11.8 Å². The monoisotopic (exact) mass is 512 g/mol. The van der Waals surface area contributed by atoms with Gasteiger partial charge in [0, 0.05) is 43.3 Å². The van der Waals surface area contributed by atoms with Crippen molar-refractivity contribution in [2.75, 3.05) is 26.0 Å². The Morgan fingerprint density at radius 3 is 2.49 bits per heavy atom. The smallest absolute Gasteiger partial charge is 0.381 e. The van der Waals surface area contributed by atoms with Crippen LogP contribution in [0.3, 0.4) is 0 Å². The zero-order chi connectivity index (χ0) is 25.4. The lowest BCUT2D eigenvalue weighted by Gasteiger charge is -2.42. The van der Waals surface area contributed by atoms with Crippen molar-refractivity contribution < 1.29 is 27.5 Å². The molecule has 1 aromatic carbocycles. The van der Waals surface area contributed by atoms with Crippen LogP contribution < -0.4 is 0 Å². The SMILES string of the molecule is CSc1ccc2c(c1)CN(C(=O)[C@@]1(C(C)C)CC[C@@H](N(C(=O)C(F)(F)F)C3CCOCC3)C1)CC2. The molecule has 9 heteroatoms. The fourth-order valence-electron chi connectivity index (χ4n) is 6.14. The van der Waals surface area contributed by atoms with E-state index >= 15 is 0 Å². The first-order valence-electron chi connectivity index (χ1n) is 12.5. The Balaban J connectivity index is 1.58. The molecular weight excluding hydrogens is 477 g/mol. The molecule has 0 N–H and O–H groups in total. The van der Waals surface area contributed by atoms with Gasteiger partial charge in [0.1, 0.15) is 0 Å². The maximum absolute atomic E-state index is 14.0. The maximum atomic E-state index is 14.0. The summed E-state index contributed by atoms with van der Waals surface area (Å²) < 4.78 is 46.2. The highest BCUT2D eigenvalue weighted by atomic mass is 32.2. The third-order valence-electron chi connectivity index (χ3n) is 8.22. The van der Waals surface area contributed by atoms with Crippen molar-refractivity contribution in [3.8, 4) is 0 Å². The van der Waals surface area contributed by atoms with Gasteiger partial charge in [-0.25, -0.2) is 0 Å². The molecule has 1 aliphatic carbocycles. The number of amides is 2. The van der Waals surface area contributed by atoms with E-state index in [0.29, 0.717) is 52.0 Å². The van der Waals surface area contributed by atoms with E-state index in [1.807, 2.05) is 25.0 Å². The zero-order valence-corrected chi connectivity index (χ0v) is 21.5. The third-order valence-corrected chi connectivity index (χ3v) is 8.95. The van der Waals surface area contributed by atoms with E-state index in [2.05, 4.69) is 18.2 Å². The van der Waals surface area contributed by atoms with E-state index in [1.165, 1.54) is 5.56 Å². The summed E-state index contributed by atoms with van der Waals surface area (Å²) in [5.41, 5.74) is 1.62. The van der Waals surface area contributed by atoms with Crippen LogP contribution in [0.5, 0.6) is 0 Å². The van der Waals surface area contributed by atoms with Gasteiger partial charge in [0.05, 0.1) is 5.41 Å². The highest BCUT2D eigenvalue weighted by Crippen LogP contribution is 2.49. The molecule has 0 aromatic heterocycles. The van der Waals surface area contributed by atoms with Crippen LogP contribution in [0.1, 0.15) is 57.1 Å². The molecule has 35 heavy (non-hydrogen) atoms. The molecule has 2 fully saturated rings. The van der Waals surface area contributed by atoms with Gasteiger partial charge in [-0.05, 0) is 74.0 Å². The Morgan fingerprint density at radius 1 is 1.14 bits per heavy atom. The highest BCUT2D eigenvalue weighted by molar-refractivity contribution is 7.98. The first-order chi connectivity index (χ1) is 16.6. The van der Waals surface area contributed by atoms with E-state index < -0.39 is 29.6 Å². The number of halogens is 3. The summed E-state index contributed by atoms with van der Waals surface area (Å²) in [7, 11) is 0. The number of ether oxygens (including phenoxy) is 1. The molecule has 2 amide bonds. The van der Waals surface area contributed by atoms with Crippen molar-refractivity contribution in [1.29, 1.82) is 0 Å². The summed E-state index contributed by atoms with van der Waals surface area (Å²) >= 11 is 1.66. The highest BCUT2D eigenvalue weighted by Gasteiger charge is 2.55. The molecule has 4 rings (SSSR count). The van der Waals surface area contributed by atoms with Crippen molar-refractivity contribution in [1.82, 2.24) is 9.80 Å². The minimum Gasteiger partial charge on any atom is -0.381 e. The predicted octanol–water partition coefficient (Wildman–Crippen LogP) is 5.06. The first kappa shape index (κ1) is 26.3. The Morgan fingerprint density at radius 2 is 1.86 bits per heavy atom. The molecule has 2 aliphatic heterocycles. The molecule has 1 saturated carbocycles. The van der Waals surface area contributed by atoms with Crippen LogP contribution in [0.15, 0.2) is 23.1 Å². The lowest BCUT2D eigenvalue weighted by atomic mass is 9.73. The number of thioether (sulfide) groups is 1. The second-order valence-corrected chi connectivity index (χ2v) is 11.3. The van der Waals surface area contributed by atoms with E-state index in [4.69, 9.17) is 4.74 Å². The summed E-state index contributed by atoms with van der Waals surface area (Å²) in [5, 5.41) is 0. The molecule has 0 spiro atoms. The standard InChI is InChI=1S/C26H35F3N2O3S/c1-17(2)25(23(32)30-11-7-18-4-5-22(35-3)14-19(18)16-30)10-6-21(15-25)31(24(33)26(27,28)29)20-8-12-34-13-9-20/h4-5,14,17,20-21H,6-13,15-16H2,1-3H3/t21-,25+/m1/s1. The number of fused-ring (bicyclic) bond motifs is 1. The van der Waals surface area contributed by atoms with Crippen molar-refractivity contribution in [3.05, 3.63) is 29.3 Å². The number of rotatable bonds is 5. The molecule has 1 aromatic rings. The Hall–Kier alpha value is -1.74. The number of benzene rings is 1. The van der Waals surface area contributed by atoms with Crippen LogP contribution in [0.4, 0.5) is 13.2 Å². The van der Waals surface area contributed by atoms with Gasteiger partial charge in [0.2, 0.25) is 5.91 Å². The normalized spacial score (nSPS) is 25.6. The van der Waals surface area contributed by atoms with Crippen LogP contribution in [-0.4, -0.2) is 65.9 Å². The van der Waals surface area contributed by atoms with Gasteiger partial charge >= 0.3 is 12.1 Å². The zero-order valence-electron chi connectivity index (χ0n) is 20.7. The minimum atomic E-state index is -4.93. The average molecular weight is 513 g/mol. The molecule has 194 valence electrons. The van der Waals surface area contributed by atoms with Gasteiger partial charge < -0.3 is 14.5 Å². The summed E-state index contributed by atoms with van der Waals surface area (Å²) in [6.07, 6.45) is -0.186. The number of alkyl halides is 3. The maximum Gasteiger partial charge on any atom is 0.471 e. The second-order valence-electron chi connectivity index (χ2n) is 10.4. The third kappa shape index (κ3) is 5.22. The number of carbonyl (C=O) groups is 2. The topological polar surface area (TPSA) is 49.9 Å². The Labute approximate surface area is 209 Å². The largest absolute Gasteiger partial charge is 0.471 e. The molecule has 3 aliphatic rings. The summed E-state index contributed by atoms with van der Waals surface area (Å²) in [4.78, 5) is 30.7. The molecule has 2 atom stereocenters. The quantitative estimate of drug-likeness (QED) is 0.518. The van der Waals surface area contributed by atoms with Gasteiger partial charge in [-0.1, -0.05) is 19.9 Å². The van der Waals surface area contributed by atoms with Crippen molar-refractivity contribution >= 4 is 23.6 Å². The van der Waals surface area contributed by atoms with Crippen molar-refractivity contribution in [3.63, 3.8) is 0 Å². The molecular formula is C26H35F3N2O3S. The second kappa shape index (κ2) is 10.3. The molecule has 0 unspecified atom stereocenters. The summed E-state index contributed by atoms with van der Waals surface area (Å²) in [6, 6.07) is 5.25. The number of hydrogen-bond donors (Lipinski definition) is 0. The molecule has 0 bridgehead atoms. The number of hydrogen-bond acceptors (Lipinski definition) is 4.